The Kier molecular flexibility index (Phi) is 5.11. The molecular weight excluding hydrogens is 338 g/mol. The minimum Gasteiger partial charge on any atom is -0.486 e. The Morgan fingerprint density at radius 2 is 2.04 bits per heavy atom. The van der Waals surface area contributed by atoms with Crippen molar-refractivity contribution in [3.05, 3.63) is 22.7 Å². The van der Waals surface area contributed by atoms with E-state index in [-0.39, 0.29) is 25.3 Å². The largest absolute Gasteiger partial charge is 0.486 e. The molecule has 0 bridgehead atoms. The van der Waals surface area contributed by atoms with Crippen LogP contribution in [0.15, 0.2) is 12.1 Å². The molecule has 0 aliphatic carbocycles. The first kappa shape index (κ1) is 16.9. The Morgan fingerprint density at radius 1 is 1.25 bits per heavy atom. The van der Waals surface area contributed by atoms with Crippen LogP contribution in [0.2, 0.25) is 5.02 Å². The van der Waals surface area contributed by atoms with Crippen molar-refractivity contribution < 1.29 is 28.9 Å². The molecule has 3 rings (SSSR count). The number of carboxylic acid groups (broad SMARTS) is 1. The van der Waals surface area contributed by atoms with Gasteiger partial charge in [0, 0.05) is 13.1 Å². The Labute approximate surface area is 144 Å². The fourth-order valence-electron chi connectivity index (χ4n) is 2.82. The van der Waals surface area contributed by atoms with E-state index in [1.54, 1.807) is 17.0 Å². The van der Waals surface area contributed by atoms with Crippen molar-refractivity contribution in [3.8, 4) is 11.5 Å². The van der Waals surface area contributed by atoms with Gasteiger partial charge in [-0.3, -0.25) is 9.59 Å². The highest BCUT2D eigenvalue weighted by atomic mass is 35.5. The summed E-state index contributed by atoms with van der Waals surface area (Å²) in [6.07, 6.45) is -0.417. The van der Waals surface area contributed by atoms with Crippen LogP contribution in [0.4, 0.5) is 0 Å². The van der Waals surface area contributed by atoms with Gasteiger partial charge in [0.25, 0.3) is 0 Å². The third-order valence-corrected chi connectivity index (χ3v) is 4.19. The molecule has 0 aromatic heterocycles. The number of hydrogen-bond acceptors (Lipinski definition) is 5. The maximum Gasteiger partial charge on any atom is 0.306 e. The molecule has 1 aromatic carbocycles. The van der Waals surface area contributed by atoms with Gasteiger partial charge in [-0.05, 0) is 17.7 Å². The number of aliphatic carboxylic acids is 1. The second kappa shape index (κ2) is 7.27. The van der Waals surface area contributed by atoms with E-state index < -0.39 is 12.1 Å². The molecule has 130 valence electrons. The number of rotatable bonds is 4. The summed E-state index contributed by atoms with van der Waals surface area (Å²) in [6.45, 7) is 1.97. The van der Waals surface area contributed by atoms with E-state index in [9.17, 15) is 9.59 Å². The van der Waals surface area contributed by atoms with Gasteiger partial charge in [0.1, 0.15) is 13.2 Å². The van der Waals surface area contributed by atoms with E-state index in [2.05, 4.69) is 0 Å². The second-order valence-corrected chi connectivity index (χ2v) is 6.12. The van der Waals surface area contributed by atoms with E-state index in [1.807, 2.05) is 0 Å². The molecule has 2 aliphatic rings. The molecular formula is C16H18ClNO6. The monoisotopic (exact) mass is 355 g/mol. The van der Waals surface area contributed by atoms with Crippen LogP contribution in [-0.4, -0.2) is 60.9 Å². The van der Waals surface area contributed by atoms with Gasteiger partial charge in [0.15, 0.2) is 11.5 Å². The summed E-state index contributed by atoms with van der Waals surface area (Å²) in [5.74, 6) is 0.0173. The average molecular weight is 356 g/mol. The van der Waals surface area contributed by atoms with Gasteiger partial charge >= 0.3 is 5.97 Å². The minimum absolute atomic E-state index is 0.0959. The molecule has 1 amide bonds. The average Bonchev–Trinajstić information content (AvgIpc) is 2.54. The highest BCUT2D eigenvalue weighted by Gasteiger charge is 2.26. The number of halogens is 1. The molecule has 0 radical (unpaired) electrons. The number of carbonyl (C=O) groups is 2. The lowest BCUT2D eigenvalue weighted by Crippen LogP contribution is -2.46. The summed E-state index contributed by atoms with van der Waals surface area (Å²) >= 11 is 6.18. The van der Waals surface area contributed by atoms with E-state index >= 15 is 0 Å². The zero-order valence-corrected chi connectivity index (χ0v) is 13.8. The van der Waals surface area contributed by atoms with Crippen molar-refractivity contribution in [2.75, 3.05) is 32.9 Å². The molecule has 7 nitrogen and oxygen atoms in total. The van der Waals surface area contributed by atoms with E-state index in [1.165, 1.54) is 0 Å². The topological polar surface area (TPSA) is 85.3 Å². The molecule has 1 atom stereocenters. The number of benzene rings is 1. The van der Waals surface area contributed by atoms with Crippen LogP contribution in [0.25, 0.3) is 0 Å². The first-order valence-corrected chi connectivity index (χ1v) is 8.10. The van der Waals surface area contributed by atoms with Crippen molar-refractivity contribution in [1.29, 1.82) is 0 Å². The van der Waals surface area contributed by atoms with E-state index in [4.69, 9.17) is 30.9 Å². The van der Waals surface area contributed by atoms with Gasteiger partial charge in [-0.1, -0.05) is 11.6 Å². The molecule has 1 N–H and O–H groups in total. The maximum atomic E-state index is 12.5. The Bertz CT molecular complexity index is 650. The molecule has 24 heavy (non-hydrogen) atoms. The lowest BCUT2D eigenvalue weighted by Gasteiger charge is -2.32. The summed E-state index contributed by atoms with van der Waals surface area (Å²) in [6, 6.07) is 3.45. The van der Waals surface area contributed by atoms with Gasteiger partial charge in [0.05, 0.1) is 30.6 Å². The summed E-state index contributed by atoms with van der Waals surface area (Å²) in [5.41, 5.74) is 0.732. The molecule has 2 heterocycles. The second-order valence-electron chi connectivity index (χ2n) is 5.71. The van der Waals surface area contributed by atoms with Crippen LogP contribution in [0.3, 0.4) is 0 Å². The summed E-state index contributed by atoms with van der Waals surface area (Å²) in [5, 5.41) is 9.26. The maximum absolute atomic E-state index is 12.5. The standard InChI is InChI=1S/C16H18ClNO6/c17-12-5-10(6-13-16(12)24-4-3-23-13)7-14(19)18-1-2-22-11(9-18)8-15(20)21/h5-6,11H,1-4,7-9H2,(H,20,21). The number of morpholine rings is 1. The van der Waals surface area contributed by atoms with Crippen LogP contribution in [0.5, 0.6) is 11.5 Å². The van der Waals surface area contributed by atoms with Gasteiger partial charge < -0.3 is 24.2 Å². The molecule has 1 saturated heterocycles. The summed E-state index contributed by atoms with van der Waals surface area (Å²) in [4.78, 5) is 24.9. The van der Waals surface area contributed by atoms with Gasteiger partial charge in [-0.25, -0.2) is 0 Å². The number of hydrogen-bond donors (Lipinski definition) is 1. The fourth-order valence-corrected chi connectivity index (χ4v) is 3.10. The number of amides is 1. The fraction of sp³-hybridized carbons (Fsp3) is 0.500. The lowest BCUT2D eigenvalue weighted by molar-refractivity contribution is -0.147. The smallest absolute Gasteiger partial charge is 0.306 e. The van der Waals surface area contributed by atoms with Gasteiger partial charge in [-0.15, -0.1) is 0 Å². The normalized spacial score (nSPS) is 19.9. The van der Waals surface area contributed by atoms with Gasteiger partial charge in [-0.2, -0.15) is 0 Å². The Balaban J connectivity index is 1.66. The summed E-state index contributed by atoms with van der Waals surface area (Å²) in [7, 11) is 0. The predicted octanol–water partition coefficient (Wildman–Crippen LogP) is 1.36. The first-order chi connectivity index (χ1) is 11.5. The number of fused-ring (bicyclic) bond motifs is 1. The van der Waals surface area contributed by atoms with Crippen LogP contribution < -0.4 is 9.47 Å². The number of nitrogens with zero attached hydrogens (tertiary/aromatic N) is 1. The van der Waals surface area contributed by atoms with Crippen LogP contribution in [-0.2, 0) is 20.7 Å². The van der Waals surface area contributed by atoms with Crippen LogP contribution >= 0.6 is 11.6 Å². The zero-order chi connectivity index (χ0) is 17.1. The van der Waals surface area contributed by atoms with Crippen molar-refractivity contribution in [1.82, 2.24) is 4.90 Å². The molecule has 8 heteroatoms. The van der Waals surface area contributed by atoms with Crippen LogP contribution in [0, 0.1) is 0 Å². The lowest BCUT2D eigenvalue weighted by atomic mass is 10.1. The molecule has 0 spiro atoms. The predicted molar refractivity (Wildman–Crippen MR) is 84.7 cm³/mol. The quantitative estimate of drug-likeness (QED) is 0.877. The Hall–Kier alpha value is -1.99. The van der Waals surface area contributed by atoms with Crippen molar-refractivity contribution >= 4 is 23.5 Å². The van der Waals surface area contributed by atoms with Crippen LogP contribution in [0.1, 0.15) is 12.0 Å². The van der Waals surface area contributed by atoms with Crippen molar-refractivity contribution in [2.45, 2.75) is 18.9 Å². The van der Waals surface area contributed by atoms with E-state index in [0.29, 0.717) is 42.9 Å². The molecule has 0 saturated carbocycles. The SMILES string of the molecule is O=C(O)CC1CN(C(=O)Cc2cc(Cl)c3c(c2)OCCO3)CCO1. The van der Waals surface area contributed by atoms with Gasteiger partial charge in [0.2, 0.25) is 5.91 Å². The minimum atomic E-state index is -0.937. The van der Waals surface area contributed by atoms with E-state index in [0.717, 1.165) is 5.56 Å². The highest BCUT2D eigenvalue weighted by molar-refractivity contribution is 6.32. The third-order valence-electron chi connectivity index (χ3n) is 3.91. The Morgan fingerprint density at radius 3 is 2.83 bits per heavy atom. The molecule has 1 unspecified atom stereocenters. The molecule has 1 aromatic rings. The molecule has 1 fully saturated rings. The molecule has 2 aliphatic heterocycles. The zero-order valence-electron chi connectivity index (χ0n) is 13.0. The third kappa shape index (κ3) is 3.91. The summed E-state index contributed by atoms with van der Waals surface area (Å²) < 4.78 is 16.4. The highest BCUT2D eigenvalue weighted by Crippen LogP contribution is 2.38. The first-order valence-electron chi connectivity index (χ1n) is 7.72. The van der Waals surface area contributed by atoms with Crippen molar-refractivity contribution in [2.24, 2.45) is 0 Å². The number of carbonyl (C=O) groups excluding carboxylic acids is 1. The number of carboxylic acids is 1. The number of ether oxygens (including phenoxy) is 3. The van der Waals surface area contributed by atoms with Crippen molar-refractivity contribution in [3.63, 3.8) is 0 Å².